The summed E-state index contributed by atoms with van der Waals surface area (Å²) < 4.78 is 74.0. The van der Waals surface area contributed by atoms with Gasteiger partial charge in [0.25, 0.3) is 0 Å². The lowest BCUT2D eigenvalue weighted by Crippen LogP contribution is -2.69. The Labute approximate surface area is 465 Å². The first-order valence-electron chi connectivity index (χ1n) is 26.3. The van der Waals surface area contributed by atoms with Crippen molar-refractivity contribution in [1.29, 1.82) is 0 Å². The molecule has 7 rings (SSSR count). The molecule has 0 spiro atoms. The van der Waals surface area contributed by atoms with Crippen molar-refractivity contribution in [2.75, 3.05) is 46.2 Å². The van der Waals surface area contributed by atoms with Crippen molar-refractivity contribution in [1.82, 2.24) is 10.6 Å². The molecule has 0 saturated carbocycles. The lowest BCUT2D eigenvalue weighted by molar-refractivity contribution is -0.365. The predicted molar refractivity (Wildman–Crippen MR) is 252 cm³/mol. The maximum absolute atomic E-state index is 12.6. The van der Waals surface area contributed by atoms with Gasteiger partial charge in [-0.1, -0.05) is 0 Å². The van der Waals surface area contributed by atoms with Crippen LogP contribution in [0.4, 0.5) is 0 Å². The number of amides is 2. The first-order chi connectivity index (χ1) is 38.7. The van der Waals surface area contributed by atoms with E-state index in [2.05, 4.69) is 10.6 Å². The Balaban J connectivity index is 0.985. The van der Waals surface area contributed by atoms with E-state index >= 15 is 0 Å². The van der Waals surface area contributed by atoms with Gasteiger partial charge in [0, 0.05) is 13.8 Å². The van der Waals surface area contributed by atoms with E-state index in [0.29, 0.717) is 0 Å². The SMILES string of the molecule is CC(=O)N[C@H]1[C@H](O[C@H]2[C@H](O)[C@@H](NC(C)=O)CO[C@@H]2CO[C@H]2O[C@@H](C)[C@@H](O)[C@@H](O)[C@@H]2O)O[C@H](CO)[C@@H](O[C@@H]2O[C@H](CO[C@H]3O[C@H](CO[C@H]4O[C@H](CO[C@H]5O[C@H](CO)[C@@H](O)[C@H](O)[C@@H]5O)[C@@H](O)[C@H](O)[C@@H]4O)[C@@H](O)[C@H](O)[C@@H]3O)[C@@H](O)[C@H](O)[C@@H]2O)[C@@H]1O. The highest BCUT2D eigenvalue weighted by Crippen LogP contribution is 2.34. The zero-order valence-corrected chi connectivity index (χ0v) is 44.2. The summed E-state index contributed by atoms with van der Waals surface area (Å²) in [7, 11) is 0. The van der Waals surface area contributed by atoms with Gasteiger partial charge in [-0.3, -0.25) is 9.59 Å². The number of rotatable bonds is 20. The Morgan fingerprint density at radius 1 is 0.378 bits per heavy atom. The fraction of sp³-hybridized carbons (Fsp3) is 0.957. The molecule has 0 aromatic carbocycles. The van der Waals surface area contributed by atoms with E-state index in [1.165, 1.54) is 6.92 Å². The van der Waals surface area contributed by atoms with E-state index in [-0.39, 0.29) is 6.61 Å². The Kier molecular flexibility index (Phi) is 23.8. The number of hydrogen-bond acceptors (Lipinski definition) is 34. The second kappa shape index (κ2) is 29.1. The van der Waals surface area contributed by atoms with Crippen LogP contribution >= 0.6 is 0 Å². The molecule has 36 nitrogen and oxygen atoms in total. The van der Waals surface area contributed by atoms with Gasteiger partial charge < -0.3 is 169 Å². The normalized spacial score (nSPS) is 50.4. The maximum atomic E-state index is 12.6. The van der Waals surface area contributed by atoms with Crippen LogP contribution in [-0.2, 0) is 71.2 Å². The highest BCUT2D eigenvalue weighted by molar-refractivity contribution is 5.73. The van der Waals surface area contributed by atoms with Gasteiger partial charge in [-0.05, 0) is 6.92 Å². The molecule has 0 aromatic heterocycles. The Hall–Kier alpha value is -2.34. The number of carbonyl (C=O) groups excluding carboxylic acids is 2. The maximum Gasteiger partial charge on any atom is 0.217 e. The summed E-state index contributed by atoms with van der Waals surface area (Å²) in [5.41, 5.74) is 0. The molecule has 34 atom stereocenters. The molecule has 0 unspecified atom stereocenters. The summed E-state index contributed by atoms with van der Waals surface area (Å²) in [5.74, 6) is -1.39. The van der Waals surface area contributed by atoms with Crippen molar-refractivity contribution in [2.24, 2.45) is 0 Å². The van der Waals surface area contributed by atoms with E-state index in [1.54, 1.807) is 0 Å². The highest BCUT2D eigenvalue weighted by atomic mass is 16.8. The third-order valence-corrected chi connectivity index (χ3v) is 15.2. The van der Waals surface area contributed by atoms with Gasteiger partial charge >= 0.3 is 0 Å². The second-order valence-corrected chi connectivity index (χ2v) is 21.1. The van der Waals surface area contributed by atoms with Crippen molar-refractivity contribution in [2.45, 2.75) is 229 Å². The van der Waals surface area contributed by atoms with Crippen LogP contribution in [0.2, 0.25) is 0 Å². The number of carbonyl (C=O) groups is 2. The monoisotopic (exact) mass is 1200 g/mol. The van der Waals surface area contributed by atoms with E-state index in [4.69, 9.17) is 61.6 Å². The van der Waals surface area contributed by atoms with Gasteiger partial charge in [0.05, 0.1) is 58.4 Å². The molecule has 476 valence electrons. The first kappa shape index (κ1) is 67.2. The molecule has 7 aliphatic heterocycles. The van der Waals surface area contributed by atoms with Crippen LogP contribution in [0.15, 0.2) is 0 Å². The number of aliphatic hydroxyl groups excluding tert-OH is 19. The third kappa shape index (κ3) is 15.0. The molecule has 0 aromatic rings. The summed E-state index contributed by atoms with van der Waals surface area (Å²) >= 11 is 0. The minimum absolute atomic E-state index is 0.326. The van der Waals surface area contributed by atoms with Crippen LogP contribution in [0.5, 0.6) is 0 Å². The largest absolute Gasteiger partial charge is 0.394 e. The zero-order chi connectivity index (χ0) is 60.3. The molecule has 0 aliphatic carbocycles. The van der Waals surface area contributed by atoms with Gasteiger partial charge in [0.2, 0.25) is 11.8 Å². The fourth-order valence-electron chi connectivity index (χ4n) is 10.3. The third-order valence-electron chi connectivity index (χ3n) is 15.2. The summed E-state index contributed by atoms with van der Waals surface area (Å²) in [6.45, 7) is -1.49. The Bertz CT molecular complexity index is 2010. The minimum Gasteiger partial charge on any atom is -0.394 e. The zero-order valence-electron chi connectivity index (χ0n) is 44.2. The number of ether oxygens (including phenoxy) is 13. The molecule has 7 fully saturated rings. The minimum atomic E-state index is -2.14. The molecule has 36 heteroatoms. The topological polar surface area (TPSA) is 563 Å². The first-order valence-corrected chi connectivity index (χ1v) is 26.3. The summed E-state index contributed by atoms with van der Waals surface area (Å²) in [4.78, 5) is 24.7. The van der Waals surface area contributed by atoms with Crippen molar-refractivity contribution < 1.29 is 168 Å². The number of nitrogens with one attached hydrogen (secondary N) is 2. The van der Waals surface area contributed by atoms with Crippen LogP contribution < -0.4 is 10.6 Å². The number of hydrogen-bond donors (Lipinski definition) is 21. The molecule has 0 radical (unpaired) electrons. The van der Waals surface area contributed by atoms with Crippen LogP contribution in [0.1, 0.15) is 20.8 Å². The average molecular weight is 1200 g/mol. The lowest BCUT2D eigenvalue weighted by Gasteiger charge is -2.49. The van der Waals surface area contributed by atoms with E-state index in [1.807, 2.05) is 0 Å². The van der Waals surface area contributed by atoms with E-state index in [0.717, 1.165) is 13.8 Å². The molecule has 0 bridgehead atoms. The molecular formula is C46H78N2O34. The van der Waals surface area contributed by atoms with Gasteiger partial charge in [-0.15, -0.1) is 0 Å². The van der Waals surface area contributed by atoms with Crippen molar-refractivity contribution in [3.63, 3.8) is 0 Å². The molecule has 82 heavy (non-hydrogen) atoms. The molecule has 7 heterocycles. The molecule has 7 saturated heterocycles. The summed E-state index contributed by atoms with van der Waals surface area (Å²) in [6, 6.07) is -2.83. The average Bonchev–Trinajstić information content (AvgIpc) is 3.64. The van der Waals surface area contributed by atoms with Crippen molar-refractivity contribution in [3.8, 4) is 0 Å². The van der Waals surface area contributed by atoms with Gasteiger partial charge in [0.15, 0.2) is 37.7 Å². The molecular weight excluding hydrogens is 1120 g/mol. The number of aliphatic hydroxyl groups is 19. The molecule has 21 N–H and O–H groups in total. The van der Waals surface area contributed by atoms with E-state index in [9.17, 15) is 107 Å². The van der Waals surface area contributed by atoms with Crippen molar-refractivity contribution in [3.05, 3.63) is 0 Å². The smallest absolute Gasteiger partial charge is 0.217 e. The van der Waals surface area contributed by atoms with Crippen LogP contribution in [0.3, 0.4) is 0 Å². The Morgan fingerprint density at radius 2 is 0.720 bits per heavy atom. The standard InChI is InChI=1S/C46H78N2O34/c1-11-22(53)29(60)34(65)42(75-11)74-10-20-40(23(54)14(6-70-20)47-12(2)51)81-41-21(48-13(3)52)28(59)39(16(5-50)77-41)82-46-38(69)33(64)27(58)19(80-46)9-73-45-37(68)32(63)26(57)18(79-45)8-72-44-36(67)31(62)25(56)17(78-44)7-71-43-35(66)30(61)24(55)15(4-49)76-43/h11,14-46,49-50,53-69H,4-10H2,1-3H3,(H,47,51)(H,48,52)/t11-,14-,15+,16+,17+,18+,19+,20+,21+,22+,23+,24+,25+,26+,27+,28+,29+,30-,31-,32-,33-,34-,35-,36-,37-,38-,39+,40+,41-,42-,43-,44-,45-,46-/m0/s1. The quantitative estimate of drug-likeness (QED) is 0.0538. The molecule has 7 aliphatic rings. The highest BCUT2D eigenvalue weighted by Gasteiger charge is 2.56. The van der Waals surface area contributed by atoms with Gasteiger partial charge in [-0.25, -0.2) is 0 Å². The lowest BCUT2D eigenvalue weighted by atomic mass is 9.94. The van der Waals surface area contributed by atoms with Crippen molar-refractivity contribution >= 4 is 11.8 Å². The predicted octanol–water partition coefficient (Wildman–Crippen LogP) is -14.3. The molecule has 2 amide bonds. The summed E-state index contributed by atoms with van der Waals surface area (Å²) in [6.07, 6.45) is -56.8. The van der Waals surface area contributed by atoms with Gasteiger partial charge in [-0.2, -0.15) is 0 Å². The summed E-state index contributed by atoms with van der Waals surface area (Å²) in [5, 5.41) is 207. The fourth-order valence-corrected chi connectivity index (χ4v) is 10.3. The second-order valence-electron chi connectivity index (χ2n) is 21.1. The van der Waals surface area contributed by atoms with Crippen LogP contribution in [-0.4, -0.2) is 364 Å². The van der Waals surface area contributed by atoms with Crippen LogP contribution in [0.25, 0.3) is 0 Å². The van der Waals surface area contributed by atoms with Crippen LogP contribution in [0, 0.1) is 0 Å². The van der Waals surface area contributed by atoms with Gasteiger partial charge in [0.1, 0.15) is 159 Å². The Morgan fingerprint density at radius 3 is 1.16 bits per heavy atom. The van der Waals surface area contributed by atoms with E-state index < -0.39 is 260 Å².